The first-order valence-electron chi connectivity index (χ1n) is 6.93. The van der Waals surface area contributed by atoms with Gasteiger partial charge in [0.25, 0.3) is 5.91 Å². The van der Waals surface area contributed by atoms with E-state index in [-0.39, 0.29) is 12.1 Å². The summed E-state index contributed by atoms with van der Waals surface area (Å²) < 4.78 is 16.3. The van der Waals surface area contributed by atoms with Gasteiger partial charge in [-0.3, -0.25) is 4.79 Å². The molecule has 7 heteroatoms. The molecule has 0 bridgehead atoms. The summed E-state index contributed by atoms with van der Waals surface area (Å²) in [5.74, 6) is 1.18. The third-order valence-corrected chi connectivity index (χ3v) is 3.79. The molecular formula is C17H15BrN2O4. The van der Waals surface area contributed by atoms with E-state index < -0.39 is 5.91 Å². The molecular weight excluding hydrogens is 376 g/mol. The first kappa shape index (κ1) is 17.6. The van der Waals surface area contributed by atoms with Crippen LogP contribution in [0, 0.1) is 11.3 Å². The third-order valence-electron chi connectivity index (χ3n) is 3.17. The van der Waals surface area contributed by atoms with E-state index in [1.54, 1.807) is 24.3 Å². The minimum absolute atomic E-state index is 0.0445. The summed E-state index contributed by atoms with van der Waals surface area (Å²) >= 11 is 3.37. The summed E-state index contributed by atoms with van der Waals surface area (Å²) in [5.41, 5.74) is 0.534. The van der Waals surface area contributed by atoms with E-state index in [9.17, 15) is 10.1 Å². The van der Waals surface area contributed by atoms with Gasteiger partial charge in [-0.2, -0.15) is 5.26 Å². The summed E-state index contributed by atoms with van der Waals surface area (Å²) in [4.78, 5) is 12.2. The van der Waals surface area contributed by atoms with Gasteiger partial charge in [0.05, 0.1) is 31.5 Å². The number of carbonyl (C=O) groups excluding carboxylic acids is 1. The molecule has 2 rings (SSSR count). The highest BCUT2D eigenvalue weighted by atomic mass is 79.9. The molecule has 2 aromatic rings. The zero-order valence-electron chi connectivity index (χ0n) is 13.1. The van der Waals surface area contributed by atoms with Gasteiger partial charge in [0.2, 0.25) is 0 Å². The van der Waals surface area contributed by atoms with Crippen LogP contribution in [0.3, 0.4) is 0 Å². The van der Waals surface area contributed by atoms with E-state index in [4.69, 9.17) is 13.9 Å². The van der Waals surface area contributed by atoms with Gasteiger partial charge < -0.3 is 19.2 Å². The number of furan rings is 1. The molecule has 0 fully saturated rings. The summed E-state index contributed by atoms with van der Waals surface area (Å²) in [6.45, 7) is 0.203. The van der Waals surface area contributed by atoms with E-state index in [2.05, 4.69) is 21.2 Å². The lowest BCUT2D eigenvalue weighted by atomic mass is 10.1. The van der Waals surface area contributed by atoms with Gasteiger partial charge in [0, 0.05) is 11.6 Å². The molecule has 1 aromatic carbocycles. The SMILES string of the molecule is COc1cc(OC)c(/C=C(\C#N)C(=O)NCc2ccco2)cc1Br. The van der Waals surface area contributed by atoms with Gasteiger partial charge in [-0.15, -0.1) is 0 Å². The zero-order valence-corrected chi connectivity index (χ0v) is 14.7. The maximum atomic E-state index is 12.2. The molecule has 1 aromatic heterocycles. The van der Waals surface area contributed by atoms with Crippen LogP contribution in [0.25, 0.3) is 6.08 Å². The van der Waals surface area contributed by atoms with Crippen LogP contribution in [0.5, 0.6) is 11.5 Å². The molecule has 1 heterocycles. The van der Waals surface area contributed by atoms with Crippen LogP contribution in [0.1, 0.15) is 11.3 Å². The fourth-order valence-electron chi connectivity index (χ4n) is 1.98. The number of amides is 1. The number of hydrogen-bond acceptors (Lipinski definition) is 5. The maximum Gasteiger partial charge on any atom is 0.262 e. The highest BCUT2D eigenvalue weighted by Gasteiger charge is 2.13. The molecule has 1 N–H and O–H groups in total. The number of rotatable bonds is 6. The first-order valence-corrected chi connectivity index (χ1v) is 7.72. The summed E-state index contributed by atoms with van der Waals surface area (Å²) in [7, 11) is 3.04. The van der Waals surface area contributed by atoms with E-state index in [1.807, 2.05) is 6.07 Å². The smallest absolute Gasteiger partial charge is 0.262 e. The Morgan fingerprint density at radius 3 is 2.71 bits per heavy atom. The lowest BCUT2D eigenvalue weighted by Gasteiger charge is -2.10. The van der Waals surface area contributed by atoms with Crippen LogP contribution in [0.15, 0.2) is 45.0 Å². The number of hydrogen-bond donors (Lipinski definition) is 1. The Balaban J connectivity index is 2.24. The Bertz CT molecular complexity index is 792. The van der Waals surface area contributed by atoms with Gasteiger partial charge in [-0.25, -0.2) is 0 Å². The molecule has 0 spiro atoms. The second-order valence-electron chi connectivity index (χ2n) is 4.66. The minimum Gasteiger partial charge on any atom is -0.496 e. The number of halogens is 1. The summed E-state index contributed by atoms with van der Waals surface area (Å²) in [6.07, 6.45) is 2.97. The van der Waals surface area contributed by atoms with Crippen LogP contribution in [-0.2, 0) is 11.3 Å². The van der Waals surface area contributed by atoms with Crippen molar-refractivity contribution in [2.75, 3.05) is 14.2 Å². The lowest BCUT2D eigenvalue weighted by molar-refractivity contribution is -0.117. The quantitative estimate of drug-likeness (QED) is 0.604. The predicted molar refractivity (Wildman–Crippen MR) is 91.4 cm³/mol. The predicted octanol–water partition coefficient (Wildman–Crippen LogP) is 3.28. The van der Waals surface area contributed by atoms with Crippen molar-refractivity contribution in [3.8, 4) is 17.6 Å². The van der Waals surface area contributed by atoms with Gasteiger partial charge in [0.1, 0.15) is 28.9 Å². The molecule has 1 amide bonds. The fraction of sp³-hybridized carbons (Fsp3) is 0.176. The van der Waals surface area contributed by atoms with Crippen LogP contribution in [-0.4, -0.2) is 20.1 Å². The fourth-order valence-corrected chi connectivity index (χ4v) is 2.50. The van der Waals surface area contributed by atoms with E-state index in [1.165, 1.54) is 26.6 Å². The number of nitrogens with zero attached hydrogens (tertiary/aromatic N) is 1. The van der Waals surface area contributed by atoms with Gasteiger partial charge in [-0.1, -0.05) is 0 Å². The second kappa shape index (κ2) is 8.22. The molecule has 0 aliphatic rings. The number of methoxy groups -OCH3 is 2. The molecule has 0 aliphatic heterocycles. The van der Waals surface area contributed by atoms with E-state index in [0.717, 1.165) is 0 Å². The molecule has 0 radical (unpaired) electrons. The Labute approximate surface area is 147 Å². The van der Waals surface area contributed by atoms with Gasteiger partial charge >= 0.3 is 0 Å². The Morgan fingerprint density at radius 1 is 1.38 bits per heavy atom. The van der Waals surface area contributed by atoms with Crippen molar-refractivity contribution in [2.45, 2.75) is 6.54 Å². The second-order valence-corrected chi connectivity index (χ2v) is 5.51. The molecule has 0 unspecified atom stereocenters. The number of benzene rings is 1. The van der Waals surface area contributed by atoms with Crippen LogP contribution in [0.2, 0.25) is 0 Å². The largest absolute Gasteiger partial charge is 0.496 e. The van der Waals surface area contributed by atoms with E-state index >= 15 is 0 Å². The summed E-state index contributed by atoms with van der Waals surface area (Å²) in [5, 5.41) is 11.9. The van der Waals surface area contributed by atoms with Crippen molar-refractivity contribution in [3.05, 3.63) is 51.9 Å². The Hall–Kier alpha value is -2.72. The van der Waals surface area contributed by atoms with Crippen molar-refractivity contribution in [1.29, 1.82) is 5.26 Å². The van der Waals surface area contributed by atoms with E-state index in [0.29, 0.717) is 27.3 Å². The monoisotopic (exact) mass is 390 g/mol. The standard InChI is InChI=1S/C17H15BrN2O4/c1-22-15-8-16(23-2)14(18)7-11(15)6-12(9-19)17(21)20-10-13-4-3-5-24-13/h3-8H,10H2,1-2H3,(H,20,21)/b12-6+. The molecule has 0 atom stereocenters. The molecule has 0 aliphatic carbocycles. The average molecular weight is 391 g/mol. The number of ether oxygens (including phenoxy) is 2. The highest BCUT2D eigenvalue weighted by Crippen LogP contribution is 2.33. The number of nitriles is 1. The van der Waals surface area contributed by atoms with Crippen molar-refractivity contribution in [2.24, 2.45) is 0 Å². The van der Waals surface area contributed by atoms with Crippen molar-refractivity contribution in [3.63, 3.8) is 0 Å². The van der Waals surface area contributed by atoms with Gasteiger partial charge in [-0.05, 0) is 40.2 Å². The molecule has 6 nitrogen and oxygen atoms in total. The van der Waals surface area contributed by atoms with Crippen LogP contribution >= 0.6 is 15.9 Å². The first-order chi connectivity index (χ1) is 11.6. The molecule has 0 saturated carbocycles. The minimum atomic E-state index is -0.497. The molecule has 24 heavy (non-hydrogen) atoms. The van der Waals surface area contributed by atoms with Crippen molar-refractivity contribution < 1.29 is 18.7 Å². The lowest BCUT2D eigenvalue weighted by Crippen LogP contribution is -2.23. The van der Waals surface area contributed by atoms with Crippen LogP contribution < -0.4 is 14.8 Å². The highest BCUT2D eigenvalue weighted by molar-refractivity contribution is 9.10. The normalized spacial score (nSPS) is 10.8. The Morgan fingerprint density at radius 2 is 2.12 bits per heavy atom. The van der Waals surface area contributed by atoms with Gasteiger partial charge in [0.15, 0.2) is 0 Å². The van der Waals surface area contributed by atoms with Crippen molar-refractivity contribution in [1.82, 2.24) is 5.32 Å². The number of carbonyl (C=O) groups is 1. The molecule has 124 valence electrons. The van der Waals surface area contributed by atoms with Crippen molar-refractivity contribution >= 4 is 27.9 Å². The van der Waals surface area contributed by atoms with Crippen LogP contribution in [0.4, 0.5) is 0 Å². The third kappa shape index (κ3) is 4.18. The zero-order chi connectivity index (χ0) is 17.5. The molecule has 0 saturated heterocycles. The maximum absolute atomic E-state index is 12.2. The summed E-state index contributed by atoms with van der Waals surface area (Å²) in [6, 6.07) is 8.75. The number of nitrogens with one attached hydrogen (secondary N) is 1. The topological polar surface area (TPSA) is 84.5 Å². The average Bonchev–Trinajstić information content (AvgIpc) is 3.11. The Kier molecular flexibility index (Phi) is 6.04.